The number of amides is 1. The van der Waals surface area contributed by atoms with E-state index in [4.69, 9.17) is 0 Å². The van der Waals surface area contributed by atoms with Gasteiger partial charge >= 0.3 is 0 Å². The van der Waals surface area contributed by atoms with Gasteiger partial charge in [-0.3, -0.25) is 4.79 Å². The van der Waals surface area contributed by atoms with Crippen molar-refractivity contribution in [3.8, 4) is 0 Å². The van der Waals surface area contributed by atoms with E-state index < -0.39 is 24.3 Å². The first kappa shape index (κ1) is 11.5. The summed E-state index contributed by atoms with van der Waals surface area (Å²) < 4.78 is 36.5. The van der Waals surface area contributed by atoms with Crippen LogP contribution in [-0.4, -0.2) is 23.4 Å². The number of carbonyl (C=O) groups is 1. The summed E-state index contributed by atoms with van der Waals surface area (Å²) in [6.45, 7) is 1.18. The summed E-state index contributed by atoms with van der Waals surface area (Å²) in [5, 5.41) is 2.06. The van der Waals surface area contributed by atoms with Gasteiger partial charge in [-0.2, -0.15) is 4.39 Å². The number of nitrogens with zero attached hydrogens (tertiary/aromatic N) is 1. The Balaban J connectivity index is 2.65. The Morgan fingerprint density at radius 2 is 2.13 bits per heavy atom. The van der Waals surface area contributed by atoms with Gasteiger partial charge in [0.2, 0.25) is 5.95 Å². The highest BCUT2D eigenvalue weighted by Gasteiger charge is 2.17. The van der Waals surface area contributed by atoms with Gasteiger partial charge in [0, 0.05) is 6.20 Å². The van der Waals surface area contributed by atoms with Gasteiger partial charge in [-0.25, -0.2) is 13.8 Å². The largest absolute Gasteiger partial charge is 0.344 e. The first-order valence-electron chi connectivity index (χ1n) is 4.21. The monoisotopic (exact) mass is 218 g/mol. The van der Waals surface area contributed by atoms with Crippen LogP contribution in [0.3, 0.4) is 0 Å². The summed E-state index contributed by atoms with van der Waals surface area (Å²) >= 11 is 0. The van der Waals surface area contributed by atoms with Gasteiger partial charge in [0.15, 0.2) is 0 Å². The molecule has 0 fully saturated rings. The number of alkyl halides is 2. The molecule has 0 aliphatic heterocycles. The van der Waals surface area contributed by atoms with Crippen molar-refractivity contribution < 1.29 is 18.0 Å². The Morgan fingerprint density at radius 1 is 1.47 bits per heavy atom. The zero-order valence-corrected chi connectivity index (χ0v) is 7.88. The highest BCUT2D eigenvalue weighted by atomic mass is 19.3. The normalized spacial score (nSPS) is 12.6. The molecular formula is C9H9F3N2O. The summed E-state index contributed by atoms with van der Waals surface area (Å²) in [5.74, 6) is -1.43. The minimum absolute atomic E-state index is 0.0453. The summed E-state index contributed by atoms with van der Waals surface area (Å²) in [5.41, 5.74) is 0.0453. The zero-order chi connectivity index (χ0) is 11.4. The third-order valence-electron chi connectivity index (χ3n) is 1.73. The Morgan fingerprint density at radius 3 is 2.60 bits per heavy atom. The van der Waals surface area contributed by atoms with E-state index in [1.807, 2.05) is 0 Å². The Bertz CT molecular complexity index is 340. The molecule has 0 radical (unpaired) electrons. The first-order chi connectivity index (χ1) is 7.00. The average molecular weight is 218 g/mol. The van der Waals surface area contributed by atoms with Crippen molar-refractivity contribution in [2.75, 3.05) is 0 Å². The lowest BCUT2D eigenvalue weighted by Gasteiger charge is -2.12. The number of rotatable bonds is 3. The van der Waals surface area contributed by atoms with E-state index in [-0.39, 0.29) is 5.56 Å². The van der Waals surface area contributed by atoms with E-state index in [9.17, 15) is 18.0 Å². The van der Waals surface area contributed by atoms with Crippen molar-refractivity contribution in [3.63, 3.8) is 0 Å². The van der Waals surface area contributed by atoms with Crippen molar-refractivity contribution >= 4 is 5.91 Å². The second kappa shape index (κ2) is 4.77. The molecule has 1 atom stereocenters. The van der Waals surface area contributed by atoms with E-state index in [2.05, 4.69) is 10.3 Å². The molecule has 15 heavy (non-hydrogen) atoms. The molecule has 1 rings (SSSR count). The fourth-order valence-corrected chi connectivity index (χ4v) is 0.863. The summed E-state index contributed by atoms with van der Waals surface area (Å²) in [7, 11) is 0. The molecule has 1 aromatic rings. The van der Waals surface area contributed by atoms with Crippen LogP contribution >= 0.6 is 0 Å². The fourth-order valence-electron chi connectivity index (χ4n) is 0.863. The molecule has 0 aliphatic rings. The molecule has 0 aliphatic carbocycles. The van der Waals surface area contributed by atoms with Crippen LogP contribution < -0.4 is 5.32 Å². The van der Waals surface area contributed by atoms with Crippen molar-refractivity contribution in [2.45, 2.75) is 19.4 Å². The molecule has 1 amide bonds. The number of hydrogen-bond acceptors (Lipinski definition) is 2. The quantitative estimate of drug-likeness (QED) is 0.783. The molecular weight excluding hydrogens is 209 g/mol. The third kappa shape index (κ3) is 3.23. The standard InChI is InChI=1S/C9H9F3N2O/c1-5(8(11)12)14-9(15)6-2-3-7(10)13-4-6/h2-5,8H,1H3,(H,14,15). The number of hydrogen-bond donors (Lipinski definition) is 1. The van der Waals surface area contributed by atoms with E-state index in [1.54, 1.807) is 0 Å². The smallest absolute Gasteiger partial charge is 0.258 e. The molecule has 0 spiro atoms. The van der Waals surface area contributed by atoms with E-state index >= 15 is 0 Å². The number of carbonyl (C=O) groups excluding carboxylic acids is 1. The topological polar surface area (TPSA) is 42.0 Å². The maximum atomic E-state index is 12.4. The Hall–Kier alpha value is -1.59. The van der Waals surface area contributed by atoms with Crippen LogP contribution in [0.5, 0.6) is 0 Å². The van der Waals surface area contributed by atoms with E-state index in [1.165, 1.54) is 13.0 Å². The molecule has 3 nitrogen and oxygen atoms in total. The van der Waals surface area contributed by atoms with Crippen LogP contribution in [0.25, 0.3) is 0 Å². The molecule has 1 N–H and O–H groups in total. The lowest BCUT2D eigenvalue weighted by Crippen LogP contribution is -2.37. The number of nitrogens with one attached hydrogen (secondary N) is 1. The van der Waals surface area contributed by atoms with Crippen molar-refractivity contribution in [1.82, 2.24) is 10.3 Å². The average Bonchev–Trinajstić information content (AvgIpc) is 2.18. The molecule has 6 heteroatoms. The summed E-state index contributed by atoms with van der Waals surface area (Å²) in [6.07, 6.45) is -1.65. The van der Waals surface area contributed by atoms with Crippen LogP contribution in [0.4, 0.5) is 13.2 Å². The van der Waals surface area contributed by atoms with Crippen LogP contribution in [0.2, 0.25) is 0 Å². The van der Waals surface area contributed by atoms with Crippen molar-refractivity contribution in [2.24, 2.45) is 0 Å². The van der Waals surface area contributed by atoms with Gasteiger partial charge in [0.1, 0.15) is 0 Å². The molecule has 0 saturated heterocycles. The minimum Gasteiger partial charge on any atom is -0.344 e. The van der Waals surface area contributed by atoms with Gasteiger partial charge in [-0.1, -0.05) is 0 Å². The second-order valence-corrected chi connectivity index (χ2v) is 2.97. The molecule has 82 valence electrons. The van der Waals surface area contributed by atoms with Gasteiger partial charge in [-0.15, -0.1) is 0 Å². The maximum absolute atomic E-state index is 12.4. The van der Waals surface area contributed by atoms with E-state index in [0.29, 0.717) is 0 Å². The van der Waals surface area contributed by atoms with Gasteiger partial charge in [-0.05, 0) is 19.1 Å². The van der Waals surface area contributed by atoms with Gasteiger partial charge in [0.05, 0.1) is 11.6 Å². The molecule has 0 aromatic carbocycles. The minimum atomic E-state index is -2.64. The summed E-state index contributed by atoms with van der Waals surface area (Å²) in [6, 6.07) is 0.917. The highest BCUT2D eigenvalue weighted by molar-refractivity contribution is 5.93. The maximum Gasteiger partial charge on any atom is 0.258 e. The fraction of sp³-hybridized carbons (Fsp3) is 0.333. The Labute approximate surface area is 84.3 Å². The van der Waals surface area contributed by atoms with Gasteiger partial charge < -0.3 is 5.32 Å². The van der Waals surface area contributed by atoms with Crippen molar-refractivity contribution in [3.05, 3.63) is 29.8 Å². The zero-order valence-electron chi connectivity index (χ0n) is 7.88. The number of aromatic nitrogens is 1. The molecule has 0 bridgehead atoms. The molecule has 1 aromatic heterocycles. The van der Waals surface area contributed by atoms with E-state index in [0.717, 1.165) is 12.3 Å². The third-order valence-corrected chi connectivity index (χ3v) is 1.73. The highest BCUT2D eigenvalue weighted by Crippen LogP contribution is 2.03. The first-order valence-corrected chi connectivity index (χ1v) is 4.21. The van der Waals surface area contributed by atoms with Crippen LogP contribution in [-0.2, 0) is 0 Å². The SMILES string of the molecule is CC(NC(=O)c1ccc(F)nc1)C(F)F. The van der Waals surface area contributed by atoms with Crippen LogP contribution in [0.1, 0.15) is 17.3 Å². The van der Waals surface area contributed by atoms with Crippen LogP contribution in [0, 0.1) is 5.95 Å². The molecule has 0 saturated carbocycles. The predicted octanol–water partition coefficient (Wildman–Crippen LogP) is 1.60. The van der Waals surface area contributed by atoms with Gasteiger partial charge in [0.25, 0.3) is 12.3 Å². The van der Waals surface area contributed by atoms with Crippen molar-refractivity contribution in [1.29, 1.82) is 0 Å². The lowest BCUT2D eigenvalue weighted by molar-refractivity contribution is 0.0780. The molecule has 1 unspecified atom stereocenters. The number of pyridine rings is 1. The van der Waals surface area contributed by atoms with Crippen LogP contribution in [0.15, 0.2) is 18.3 Å². The number of halogens is 3. The second-order valence-electron chi connectivity index (χ2n) is 2.97. The predicted molar refractivity (Wildman–Crippen MR) is 47.1 cm³/mol. The molecule has 1 heterocycles. The lowest BCUT2D eigenvalue weighted by atomic mass is 10.2. The Kier molecular flexibility index (Phi) is 3.65. The summed E-state index contributed by atoms with van der Waals surface area (Å²) in [4.78, 5) is 14.5.